The van der Waals surface area contributed by atoms with E-state index in [1.165, 1.54) is 11.3 Å². The van der Waals surface area contributed by atoms with Gasteiger partial charge in [0.2, 0.25) is 5.91 Å². The van der Waals surface area contributed by atoms with Crippen molar-refractivity contribution >= 4 is 39.7 Å². The molecule has 2 aromatic carbocycles. The number of aryl methyl sites for hydroxylation is 1. The topological polar surface area (TPSA) is 33.2 Å². The molecule has 1 amide bonds. The highest BCUT2D eigenvalue weighted by Gasteiger charge is 2.21. The number of benzene rings is 2. The number of amides is 1. The summed E-state index contributed by atoms with van der Waals surface area (Å²) in [5.74, 6) is -0.0568. The minimum absolute atomic E-state index is 0.0568. The number of aromatic nitrogens is 1. The number of para-hydroxylation sites is 1. The normalized spacial score (nSPS) is 10.5. The number of halogens is 1. The highest BCUT2D eigenvalue weighted by Crippen LogP contribution is 2.29. The summed E-state index contributed by atoms with van der Waals surface area (Å²) in [6.45, 7) is 1.92. The molecule has 0 N–H and O–H groups in total. The Morgan fingerprint density at radius 3 is 2.48 bits per heavy atom. The quantitative estimate of drug-likeness (QED) is 0.667. The molecule has 0 fully saturated rings. The van der Waals surface area contributed by atoms with Gasteiger partial charge in [-0.3, -0.25) is 9.69 Å². The van der Waals surface area contributed by atoms with E-state index in [-0.39, 0.29) is 12.3 Å². The van der Waals surface area contributed by atoms with E-state index < -0.39 is 0 Å². The molecule has 0 radical (unpaired) electrons. The van der Waals surface area contributed by atoms with Gasteiger partial charge < -0.3 is 0 Å². The van der Waals surface area contributed by atoms with Crippen LogP contribution in [-0.2, 0) is 11.2 Å². The summed E-state index contributed by atoms with van der Waals surface area (Å²) in [5.41, 5.74) is 2.52. The van der Waals surface area contributed by atoms with Gasteiger partial charge in [-0.25, -0.2) is 4.98 Å². The van der Waals surface area contributed by atoms with Crippen LogP contribution in [0.4, 0.5) is 10.8 Å². The van der Waals surface area contributed by atoms with Crippen molar-refractivity contribution in [2.24, 2.45) is 0 Å². The number of anilines is 2. The van der Waals surface area contributed by atoms with Crippen LogP contribution >= 0.6 is 22.9 Å². The third-order valence-corrected chi connectivity index (χ3v) is 4.67. The summed E-state index contributed by atoms with van der Waals surface area (Å²) < 4.78 is 0. The summed E-state index contributed by atoms with van der Waals surface area (Å²) >= 11 is 7.64. The fourth-order valence-corrected chi connectivity index (χ4v) is 3.31. The number of carbonyl (C=O) groups is 1. The molecule has 116 valence electrons. The summed E-state index contributed by atoms with van der Waals surface area (Å²) in [4.78, 5) is 19.0. The molecule has 1 heterocycles. The van der Waals surface area contributed by atoms with Gasteiger partial charge in [0.05, 0.1) is 17.8 Å². The van der Waals surface area contributed by atoms with Gasteiger partial charge in [-0.1, -0.05) is 48.0 Å². The SMILES string of the molecule is Cc1csc(N(C(=O)Cc2ccccc2Cl)c2ccccc2)n1. The van der Waals surface area contributed by atoms with Gasteiger partial charge in [0.25, 0.3) is 0 Å². The predicted octanol–water partition coefficient (Wildman–Crippen LogP) is 5.01. The van der Waals surface area contributed by atoms with Crippen molar-refractivity contribution in [3.63, 3.8) is 0 Å². The van der Waals surface area contributed by atoms with E-state index >= 15 is 0 Å². The maximum atomic E-state index is 12.9. The standard InChI is InChI=1S/C18H15ClN2OS/c1-13-12-23-18(20-13)21(15-8-3-2-4-9-15)17(22)11-14-7-5-6-10-16(14)19/h2-10,12H,11H2,1H3. The highest BCUT2D eigenvalue weighted by molar-refractivity contribution is 7.14. The first kappa shape index (κ1) is 15.7. The molecule has 3 rings (SSSR count). The van der Waals surface area contributed by atoms with Crippen LogP contribution in [0, 0.1) is 6.92 Å². The van der Waals surface area contributed by atoms with Crippen molar-refractivity contribution in [2.45, 2.75) is 13.3 Å². The Bertz CT molecular complexity index is 817. The molecule has 0 spiro atoms. The minimum Gasteiger partial charge on any atom is -0.274 e. The Hall–Kier alpha value is -2.17. The monoisotopic (exact) mass is 342 g/mol. The Morgan fingerprint density at radius 2 is 1.83 bits per heavy atom. The molecular weight excluding hydrogens is 328 g/mol. The van der Waals surface area contributed by atoms with E-state index in [1.54, 1.807) is 11.0 Å². The number of nitrogens with zero attached hydrogens (tertiary/aromatic N) is 2. The van der Waals surface area contributed by atoms with Crippen LogP contribution in [0.25, 0.3) is 0 Å². The van der Waals surface area contributed by atoms with Crippen molar-refractivity contribution in [2.75, 3.05) is 4.90 Å². The Kier molecular flexibility index (Phi) is 4.74. The first-order valence-corrected chi connectivity index (χ1v) is 8.44. The molecule has 0 aliphatic carbocycles. The lowest BCUT2D eigenvalue weighted by molar-refractivity contribution is -0.117. The maximum Gasteiger partial charge on any atom is 0.237 e. The number of rotatable bonds is 4. The molecule has 0 bridgehead atoms. The zero-order valence-electron chi connectivity index (χ0n) is 12.6. The molecule has 0 saturated carbocycles. The number of thiazole rings is 1. The van der Waals surface area contributed by atoms with Crippen LogP contribution in [0.3, 0.4) is 0 Å². The lowest BCUT2D eigenvalue weighted by Crippen LogP contribution is -2.27. The molecule has 3 aromatic rings. The van der Waals surface area contributed by atoms with Crippen molar-refractivity contribution in [3.8, 4) is 0 Å². The fourth-order valence-electron chi connectivity index (χ4n) is 2.27. The molecular formula is C18H15ClN2OS. The second kappa shape index (κ2) is 6.94. The zero-order chi connectivity index (χ0) is 16.2. The van der Waals surface area contributed by atoms with E-state index in [0.717, 1.165) is 16.9 Å². The van der Waals surface area contributed by atoms with Gasteiger partial charge in [-0.15, -0.1) is 11.3 Å². The minimum atomic E-state index is -0.0568. The zero-order valence-corrected chi connectivity index (χ0v) is 14.1. The average molecular weight is 343 g/mol. The highest BCUT2D eigenvalue weighted by atomic mass is 35.5. The molecule has 3 nitrogen and oxygen atoms in total. The molecule has 0 unspecified atom stereocenters. The molecule has 0 aliphatic rings. The van der Waals surface area contributed by atoms with Crippen LogP contribution in [-0.4, -0.2) is 10.9 Å². The van der Waals surface area contributed by atoms with E-state index in [1.807, 2.05) is 60.8 Å². The van der Waals surface area contributed by atoms with Gasteiger partial charge in [0.15, 0.2) is 5.13 Å². The largest absolute Gasteiger partial charge is 0.274 e. The van der Waals surface area contributed by atoms with Gasteiger partial charge in [0.1, 0.15) is 0 Å². The number of hydrogen-bond acceptors (Lipinski definition) is 3. The predicted molar refractivity (Wildman–Crippen MR) is 95.6 cm³/mol. The number of hydrogen-bond donors (Lipinski definition) is 0. The van der Waals surface area contributed by atoms with E-state index in [2.05, 4.69) is 4.98 Å². The summed E-state index contributed by atoms with van der Waals surface area (Å²) in [6, 6.07) is 17.0. The van der Waals surface area contributed by atoms with Gasteiger partial charge in [-0.2, -0.15) is 0 Å². The van der Waals surface area contributed by atoms with Crippen molar-refractivity contribution in [3.05, 3.63) is 76.3 Å². The fraction of sp³-hybridized carbons (Fsp3) is 0.111. The average Bonchev–Trinajstić information content (AvgIpc) is 2.97. The maximum absolute atomic E-state index is 12.9. The van der Waals surface area contributed by atoms with Crippen molar-refractivity contribution in [1.29, 1.82) is 0 Å². The van der Waals surface area contributed by atoms with E-state index in [4.69, 9.17) is 11.6 Å². The summed E-state index contributed by atoms with van der Waals surface area (Å²) in [6.07, 6.45) is 0.229. The Labute approximate surface area is 144 Å². The summed E-state index contributed by atoms with van der Waals surface area (Å²) in [7, 11) is 0. The van der Waals surface area contributed by atoms with E-state index in [0.29, 0.717) is 10.2 Å². The third kappa shape index (κ3) is 3.60. The smallest absolute Gasteiger partial charge is 0.237 e. The van der Waals surface area contributed by atoms with Crippen LogP contribution in [0.15, 0.2) is 60.0 Å². The van der Waals surface area contributed by atoms with Crippen LogP contribution < -0.4 is 4.90 Å². The van der Waals surface area contributed by atoms with Crippen molar-refractivity contribution in [1.82, 2.24) is 4.98 Å². The van der Waals surface area contributed by atoms with Crippen LogP contribution in [0.2, 0.25) is 5.02 Å². The number of carbonyl (C=O) groups excluding carboxylic acids is 1. The Balaban J connectivity index is 1.95. The molecule has 0 saturated heterocycles. The molecule has 0 aliphatic heterocycles. The third-order valence-electron chi connectivity index (χ3n) is 3.36. The second-order valence-corrected chi connectivity index (χ2v) is 6.35. The second-order valence-electron chi connectivity index (χ2n) is 5.10. The van der Waals surface area contributed by atoms with Gasteiger partial charge in [0, 0.05) is 10.4 Å². The lowest BCUT2D eigenvalue weighted by atomic mass is 10.1. The molecule has 0 atom stereocenters. The molecule has 5 heteroatoms. The van der Waals surface area contributed by atoms with E-state index in [9.17, 15) is 4.79 Å². The van der Waals surface area contributed by atoms with Crippen LogP contribution in [0.1, 0.15) is 11.3 Å². The summed E-state index contributed by atoms with van der Waals surface area (Å²) in [5, 5.41) is 3.21. The molecule has 23 heavy (non-hydrogen) atoms. The van der Waals surface area contributed by atoms with Gasteiger partial charge in [-0.05, 0) is 30.7 Å². The molecule has 1 aromatic heterocycles. The van der Waals surface area contributed by atoms with Crippen LogP contribution in [0.5, 0.6) is 0 Å². The first-order chi connectivity index (χ1) is 11.1. The Morgan fingerprint density at radius 1 is 1.13 bits per heavy atom. The van der Waals surface area contributed by atoms with Gasteiger partial charge >= 0.3 is 0 Å². The lowest BCUT2D eigenvalue weighted by Gasteiger charge is -2.20. The van der Waals surface area contributed by atoms with Crippen molar-refractivity contribution < 1.29 is 4.79 Å². The first-order valence-electron chi connectivity index (χ1n) is 7.18.